The minimum atomic E-state index is -1.26. The first-order valence-corrected chi connectivity index (χ1v) is 8.14. The topological polar surface area (TPSA) is 0 Å². The number of hydrogen-bond acceptors (Lipinski definition) is 0. The van der Waals surface area contributed by atoms with E-state index < -0.39 is 8.07 Å². The van der Waals surface area contributed by atoms with Gasteiger partial charge in [-0.05, 0) is 18.2 Å². The smallest absolute Gasteiger partial charge is 0.127 e. The van der Waals surface area contributed by atoms with E-state index in [1.165, 1.54) is 0 Å². The predicted molar refractivity (Wildman–Crippen MR) is 61.7 cm³/mol. The van der Waals surface area contributed by atoms with Crippen molar-refractivity contribution in [3.8, 4) is 11.5 Å². The molecule has 0 fully saturated rings. The Morgan fingerprint density at radius 2 is 1.92 bits per heavy atom. The van der Waals surface area contributed by atoms with E-state index in [2.05, 4.69) is 31.1 Å². The van der Waals surface area contributed by atoms with Gasteiger partial charge < -0.3 is 0 Å². The summed E-state index contributed by atoms with van der Waals surface area (Å²) in [5, 5.41) is 0.752. The fourth-order valence-corrected chi connectivity index (χ4v) is 1.54. The molecule has 0 bridgehead atoms. The van der Waals surface area contributed by atoms with E-state index in [-0.39, 0.29) is 0 Å². The van der Waals surface area contributed by atoms with Crippen molar-refractivity contribution in [2.24, 2.45) is 0 Å². The molecule has 0 saturated carbocycles. The van der Waals surface area contributed by atoms with Crippen LogP contribution in [0.5, 0.6) is 0 Å². The number of rotatable bonds is 0. The Balaban J connectivity index is 2.90. The molecule has 0 N–H and O–H groups in total. The molecule has 0 spiro atoms. The average molecular weight is 209 g/mol. The Morgan fingerprint density at radius 1 is 1.23 bits per heavy atom. The Labute approximate surface area is 85.9 Å². The predicted octanol–water partition coefficient (Wildman–Crippen LogP) is 3.57. The van der Waals surface area contributed by atoms with Crippen molar-refractivity contribution < 1.29 is 0 Å². The first-order chi connectivity index (χ1) is 5.97. The maximum absolute atomic E-state index is 5.84. The van der Waals surface area contributed by atoms with Crippen LogP contribution in [0.15, 0.2) is 24.3 Å². The second-order valence-corrected chi connectivity index (χ2v) is 9.20. The second-order valence-electron chi connectivity index (χ2n) is 4.01. The Hall–Kier alpha value is -0.713. The van der Waals surface area contributed by atoms with Crippen LogP contribution >= 0.6 is 11.6 Å². The van der Waals surface area contributed by atoms with E-state index in [4.69, 9.17) is 11.6 Å². The SMILES string of the molecule is C[Si](C)(C)C#Cc1cccc(Cl)c1. The molecular weight excluding hydrogens is 196 g/mol. The van der Waals surface area contributed by atoms with Crippen LogP contribution in [0.4, 0.5) is 0 Å². The number of halogens is 1. The summed E-state index contributed by atoms with van der Waals surface area (Å²) in [7, 11) is -1.26. The molecule has 1 aromatic carbocycles. The van der Waals surface area contributed by atoms with Gasteiger partial charge in [0.05, 0.1) is 0 Å². The summed E-state index contributed by atoms with van der Waals surface area (Å²) in [6, 6.07) is 7.67. The lowest BCUT2D eigenvalue weighted by molar-refractivity contribution is 1.65. The van der Waals surface area contributed by atoms with E-state index in [0.29, 0.717) is 0 Å². The molecule has 0 amide bonds. The number of hydrogen-bond donors (Lipinski definition) is 0. The van der Waals surface area contributed by atoms with Gasteiger partial charge in [-0.3, -0.25) is 0 Å². The van der Waals surface area contributed by atoms with Crippen LogP contribution in [-0.2, 0) is 0 Å². The van der Waals surface area contributed by atoms with Crippen LogP contribution in [0.1, 0.15) is 5.56 Å². The van der Waals surface area contributed by atoms with Crippen LogP contribution < -0.4 is 0 Å². The van der Waals surface area contributed by atoms with Gasteiger partial charge >= 0.3 is 0 Å². The summed E-state index contributed by atoms with van der Waals surface area (Å²) >= 11 is 5.84. The van der Waals surface area contributed by atoms with E-state index in [1.54, 1.807) is 0 Å². The summed E-state index contributed by atoms with van der Waals surface area (Å²) < 4.78 is 0. The minimum absolute atomic E-state index is 0.752. The lowest BCUT2D eigenvalue weighted by atomic mass is 10.2. The monoisotopic (exact) mass is 208 g/mol. The highest BCUT2D eigenvalue weighted by atomic mass is 35.5. The Kier molecular flexibility index (Phi) is 3.19. The quantitative estimate of drug-likeness (QED) is 0.452. The second kappa shape index (κ2) is 4.00. The van der Waals surface area contributed by atoms with Gasteiger partial charge in [-0.15, -0.1) is 5.54 Å². The molecular formula is C11H13ClSi. The summed E-state index contributed by atoms with van der Waals surface area (Å²) in [6.07, 6.45) is 0. The molecule has 0 aliphatic heterocycles. The third-order valence-electron chi connectivity index (χ3n) is 1.41. The van der Waals surface area contributed by atoms with E-state index in [9.17, 15) is 0 Å². The highest BCUT2D eigenvalue weighted by molar-refractivity contribution is 6.83. The normalized spacial score (nSPS) is 10.5. The van der Waals surface area contributed by atoms with Gasteiger partial charge in [0.2, 0.25) is 0 Å². The van der Waals surface area contributed by atoms with Crippen LogP contribution in [0, 0.1) is 11.5 Å². The Morgan fingerprint density at radius 3 is 2.46 bits per heavy atom. The molecule has 2 heteroatoms. The zero-order valence-electron chi connectivity index (χ0n) is 8.19. The third-order valence-corrected chi connectivity index (χ3v) is 2.52. The van der Waals surface area contributed by atoms with Crippen LogP contribution in [0.3, 0.4) is 0 Å². The van der Waals surface area contributed by atoms with Crippen molar-refractivity contribution in [2.45, 2.75) is 19.6 Å². The third kappa shape index (κ3) is 4.17. The summed E-state index contributed by atoms with van der Waals surface area (Å²) in [6.45, 7) is 6.68. The fraction of sp³-hybridized carbons (Fsp3) is 0.273. The first-order valence-electron chi connectivity index (χ1n) is 4.26. The van der Waals surface area contributed by atoms with Gasteiger partial charge in [0.1, 0.15) is 8.07 Å². The Bertz CT molecular complexity index is 352. The van der Waals surface area contributed by atoms with Crippen molar-refractivity contribution in [1.82, 2.24) is 0 Å². The molecule has 0 aromatic heterocycles. The molecule has 0 aliphatic rings. The summed E-state index contributed by atoms with van der Waals surface area (Å²) in [5.74, 6) is 3.15. The molecule has 68 valence electrons. The first kappa shape index (κ1) is 10.4. The number of benzene rings is 1. The highest BCUT2D eigenvalue weighted by Crippen LogP contribution is 2.09. The van der Waals surface area contributed by atoms with Crippen LogP contribution in [-0.4, -0.2) is 8.07 Å². The molecule has 0 aliphatic carbocycles. The maximum atomic E-state index is 5.84. The zero-order valence-corrected chi connectivity index (χ0v) is 9.94. The molecule has 0 radical (unpaired) electrons. The molecule has 13 heavy (non-hydrogen) atoms. The van der Waals surface area contributed by atoms with Gasteiger partial charge in [0.25, 0.3) is 0 Å². The van der Waals surface area contributed by atoms with Crippen molar-refractivity contribution >= 4 is 19.7 Å². The van der Waals surface area contributed by atoms with Gasteiger partial charge in [-0.1, -0.05) is 43.2 Å². The fourth-order valence-electron chi connectivity index (χ4n) is 0.826. The minimum Gasteiger partial charge on any atom is -0.127 e. The van der Waals surface area contributed by atoms with Gasteiger partial charge in [-0.2, -0.15) is 0 Å². The van der Waals surface area contributed by atoms with E-state index >= 15 is 0 Å². The molecule has 0 unspecified atom stereocenters. The molecule has 0 heterocycles. The standard InChI is InChI=1S/C11H13ClSi/c1-13(2,3)8-7-10-5-4-6-11(12)9-10/h4-6,9H,1-3H3. The van der Waals surface area contributed by atoms with Crippen LogP contribution in [0.2, 0.25) is 24.7 Å². The maximum Gasteiger partial charge on any atom is 0.129 e. The van der Waals surface area contributed by atoms with E-state index in [1.807, 2.05) is 24.3 Å². The van der Waals surface area contributed by atoms with Crippen LogP contribution in [0.25, 0.3) is 0 Å². The largest absolute Gasteiger partial charge is 0.129 e. The van der Waals surface area contributed by atoms with Crippen molar-refractivity contribution in [3.05, 3.63) is 34.9 Å². The molecule has 1 rings (SSSR count). The lowest BCUT2D eigenvalue weighted by Gasteiger charge is -2.03. The van der Waals surface area contributed by atoms with Gasteiger partial charge in [0, 0.05) is 10.6 Å². The average Bonchev–Trinajstić information content (AvgIpc) is 2.00. The highest BCUT2D eigenvalue weighted by Gasteiger charge is 2.07. The van der Waals surface area contributed by atoms with Gasteiger partial charge in [0.15, 0.2) is 0 Å². The van der Waals surface area contributed by atoms with Crippen molar-refractivity contribution in [1.29, 1.82) is 0 Å². The molecule has 0 atom stereocenters. The molecule has 0 saturated heterocycles. The van der Waals surface area contributed by atoms with E-state index in [0.717, 1.165) is 10.6 Å². The molecule has 0 nitrogen and oxygen atoms in total. The molecule has 1 aromatic rings. The lowest BCUT2D eigenvalue weighted by Crippen LogP contribution is -2.16. The summed E-state index contributed by atoms with van der Waals surface area (Å²) in [5.41, 5.74) is 4.30. The van der Waals surface area contributed by atoms with Crippen molar-refractivity contribution in [3.63, 3.8) is 0 Å². The zero-order chi connectivity index (χ0) is 9.90. The van der Waals surface area contributed by atoms with Gasteiger partial charge in [-0.25, -0.2) is 0 Å². The van der Waals surface area contributed by atoms with Crippen molar-refractivity contribution in [2.75, 3.05) is 0 Å². The summed E-state index contributed by atoms with van der Waals surface area (Å²) in [4.78, 5) is 0.